The predicted molar refractivity (Wildman–Crippen MR) is 126 cm³/mol. The molecule has 2 aromatic heterocycles. The summed E-state index contributed by atoms with van der Waals surface area (Å²) in [4.78, 5) is 30.2. The van der Waals surface area contributed by atoms with Crippen molar-refractivity contribution in [2.24, 2.45) is 11.3 Å². The van der Waals surface area contributed by atoms with Crippen LogP contribution >= 0.6 is 0 Å². The Labute approximate surface area is 190 Å². The maximum absolute atomic E-state index is 13.1. The van der Waals surface area contributed by atoms with Gasteiger partial charge in [0.15, 0.2) is 0 Å². The van der Waals surface area contributed by atoms with Gasteiger partial charge in [0, 0.05) is 35.9 Å². The lowest BCUT2D eigenvalue weighted by Crippen LogP contribution is -2.38. The summed E-state index contributed by atoms with van der Waals surface area (Å²) >= 11 is 0. The fourth-order valence-corrected chi connectivity index (χ4v) is 5.04. The second-order valence-electron chi connectivity index (χ2n) is 9.26. The van der Waals surface area contributed by atoms with E-state index in [9.17, 15) is 9.59 Å². The van der Waals surface area contributed by atoms with Crippen LogP contribution in [0.5, 0.6) is 0 Å². The molecule has 2 aromatic carbocycles. The summed E-state index contributed by atoms with van der Waals surface area (Å²) in [6.07, 6.45) is 5.02. The number of benzene rings is 2. The number of Topliss-reactive ketones (excluding diaryl/α,β-unsaturated/α-hetero) is 1. The van der Waals surface area contributed by atoms with Crippen molar-refractivity contribution >= 4 is 16.7 Å². The number of hydrogen-bond acceptors (Lipinski definition) is 5. The molecule has 2 fully saturated rings. The molecule has 1 aliphatic heterocycles. The number of H-pyrrole nitrogens is 1. The fourth-order valence-electron chi connectivity index (χ4n) is 5.04. The first-order valence-electron chi connectivity index (χ1n) is 11.5. The Balaban J connectivity index is 1.32. The molecule has 2 aliphatic rings. The lowest BCUT2D eigenvalue weighted by Gasteiger charge is -2.26. The summed E-state index contributed by atoms with van der Waals surface area (Å²) < 4.78 is 1.60. The van der Waals surface area contributed by atoms with E-state index in [2.05, 4.69) is 38.7 Å². The van der Waals surface area contributed by atoms with Crippen molar-refractivity contribution in [3.8, 4) is 16.8 Å². The molecule has 0 spiro atoms. The van der Waals surface area contributed by atoms with Crippen LogP contribution in [-0.2, 0) is 11.2 Å². The number of aromatic nitrogens is 4. The molecule has 2 N–H and O–H groups in total. The van der Waals surface area contributed by atoms with Crippen molar-refractivity contribution < 1.29 is 4.79 Å². The van der Waals surface area contributed by atoms with Crippen LogP contribution in [0.4, 0.5) is 0 Å². The molecule has 166 valence electrons. The lowest BCUT2D eigenvalue weighted by molar-refractivity contribution is -0.129. The topological polar surface area (TPSA) is 92.7 Å². The van der Waals surface area contributed by atoms with Crippen molar-refractivity contribution in [2.45, 2.75) is 25.7 Å². The fraction of sp³-hybridized carbons (Fsp3) is 0.308. The van der Waals surface area contributed by atoms with E-state index in [1.807, 2.05) is 36.4 Å². The van der Waals surface area contributed by atoms with Crippen molar-refractivity contribution in [2.75, 3.05) is 13.1 Å². The first-order valence-corrected chi connectivity index (χ1v) is 11.5. The van der Waals surface area contributed by atoms with Crippen molar-refractivity contribution in [3.05, 3.63) is 77.1 Å². The highest BCUT2D eigenvalue weighted by atomic mass is 16.2. The number of hydrogen-bond donors (Lipinski definition) is 2. The zero-order valence-electron chi connectivity index (χ0n) is 18.3. The number of ketones is 1. The average Bonchev–Trinajstić information content (AvgIpc) is 3.49. The van der Waals surface area contributed by atoms with Crippen LogP contribution in [-0.4, -0.2) is 38.6 Å². The Bertz CT molecular complexity index is 1390. The second kappa shape index (κ2) is 7.78. The van der Waals surface area contributed by atoms with Gasteiger partial charge >= 0.3 is 5.69 Å². The number of carbonyl (C=O) groups excluding carboxylic acids is 1. The molecular formula is C26H25N5O2. The molecule has 4 aromatic rings. The van der Waals surface area contributed by atoms with Crippen LogP contribution in [0.15, 0.2) is 65.6 Å². The molecule has 7 heteroatoms. The number of nitrogens with one attached hydrogen (secondary N) is 2. The minimum Gasteiger partial charge on any atom is -0.316 e. The molecule has 7 nitrogen and oxygen atoms in total. The van der Waals surface area contributed by atoms with E-state index in [-0.39, 0.29) is 11.6 Å². The average molecular weight is 440 g/mol. The number of fused-ring (bicyclic) bond motifs is 1. The third kappa shape index (κ3) is 3.58. The van der Waals surface area contributed by atoms with Gasteiger partial charge in [-0.05, 0) is 61.2 Å². The van der Waals surface area contributed by atoms with Gasteiger partial charge in [0.05, 0.1) is 11.2 Å². The Morgan fingerprint density at radius 3 is 2.67 bits per heavy atom. The van der Waals surface area contributed by atoms with Gasteiger partial charge < -0.3 is 5.32 Å². The number of nitrogens with zero attached hydrogens (tertiary/aromatic N) is 3. The number of rotatable bonds is 6. The van der Waals surface area contributed by atoms with Gasteiger partial charge in [0.25, 0.3) is 0 Å². The summed E-state index contributed by atoms with van der Waals surface area (Å²) in [5.41, 5.74) is 3.05. The van der Waals surface area contributed by atoms with Crippen LogP contribution in [0.1, 0.15) is 25.1 Å². The molecular weight excluding hydrogens is 414 g/mol. The molecule has 0 radical (unpaired) electrons. The summed E-state index contributed by atoms with van der Waals surface area (Å²) in [5.74, 6) is 1.12. The van der Waals surface area contributed by atoms with Gasteiger partial charge in [0.1, 0.15) is 11.6 Å². The Morgan fingerprint density at radius 1 is 1.09 bits per heavy atom. The molecule has 0 bridgehead atoms. The quantitative estimate of drug-likeness (QED) is 0.481. The van der Waals surface area contributed by atoms with Crippen molar-refractivity contribution in [3.63, 3.8) is 0 Å². The zero-order valence-corrected chi connectivity index (χ0v) is 18.3. The zero-order chi connectivity index (χ0) is 22.4. The lowest BCUT2D eigenvalue weighted by atomic mass is 9.77. The monoisotopic (exact) mass is 439 g/mol. The van der Waals surface area contributed by atoms with Gasteiger partial charge in [-0.1, -0.05) is 30.3 Å². The molecule has 0 amide bonds. The van der Waals surface area contributed by atoms with Gasteiger partial charge in [-0.15, -0.1) is 0 Å². The van der Waals surface area contributed by atoms with Gasteiger partial charge in [-0.2, -0.15) is 5.10 Å². The van der Waals surface area contributed by atoms with E-state index >= 15 is 0 Å². The largest absolute Gasteiger partial charge is 0.347 e. The first kappa shape index (κ1) is 20.1. The van der Waals surface area contributed by atoms with E-state index < -0.39 is 5.41 Å². The Hall–Kier alpha value is -3.58. The molecule has 3 heterocycles. The van der Waals surface area contributed by atoms with Crippen molar-refractivity contribution in [1.29, 1.82) is 0 Å². The molecule has 33 heavy (non-hydrogen) atoms. The third-order valence-electron chi connectivity index (χ3n) is 7.02. The molecule has 6 rings (SSSR count). The van der Waals surface area contributed by atoms with Crippen molar-refractivity contribution in [1.82, 2.24) is 25.1 Å². The van der Waals surface area contributed by atoms with Crippen LogP contribution in [0.3, 0.4) is 0 Å². The van der Waals surface area contributed by atoms with Crippen LogP contribution in [0, 0.1) is 11.3 Å². The van der Waals surface area contributed by atoms with E-state index in [1.54, 1.807) is 10.8 Å². The Morgan fingerprint density at radius 2 is 1.91 bits per heavy atom. The maximum Gasteiger partial charge on any atom is 0.347 e. The number of aromatic amines is 1. The second-order valence-corrected chi connectivity index (χ2v) is 9.26. The molecule has 1 saturated heterocycles. The van der Waals surface area contributed by atoms with Gasteiger partial charge in [0.2, 0.25) is 0 Å². The minimum absolute atomic E-state index is 0.180. The molecule has 1 aliphatic carbocycles. The molecule has 0 unspecified atom stereocenters. The van der Waals surface area contributed by atoms with Gasteiger partial charge in [-0.25, -0.2) is 14.5 Å². The smallest absolute Gasteiger partial charge is 0.316 e. The van der Waals surface area contributed by atoms with Crippen LogP contribution < -0.4 is 11.0 Å². The summed E-state index contributed by atoms with van der Waals surface area (Å²) in [5, 5.41) is 11.4. The SMILES string of the molecule is O=C(C1CC1)[C@]1(Cc2n[nH]c(=O)n2-c2ccc(-c3ccc4cccnc4c3)cc2)CCNC1. The van der Waals surface area contributed by atoms with Gasteiger partial charge in [-0.3, -0.25) is 9.78 Å². The first-order chi connectivity index (χ1) is 16.1. The van der Waals surface area contributed by atoms with E-state index in [4.69, 9.17) is 0 Å². The summed E-state index contributed by atoms with van der Waals surface area (Å²) in [6, 6.07) is 18.1. The molecule has 1 atom stereocenters. The molecule has 1 saturated carbocycles. The van der Waals surface area contributed by atoms with Crippen LogP contribution in [0.2, 0.25) is 0 Å². The highest BCUT2D eigenvalue weighted by Crippen LogP contribution is 2.41. The van der Waals surface area contributed by atoms with E-state index in [0.717, 1.165) is 53.5 Å². The standard InChI is InChI=1S/C26H25N5O2/c32-24(19-4-5-19)26(11-13-27-16-26)15-23-29-30-25(33)31(23)21-9-7-17(8-10-21)20-6-3-18-2-1-12-28-22(18)14-20/h1-3,6-10,12,14,19,27H,4-5,11,13,15-16H2,(H,30,33)/t26-/m0/s1. The minimum atomic E-state index is -0.470. The summed E-state index contributed by atoms with van der Waals surface area (Å²) in [7, 11) is 0. The summed E-state index contributed by atoms with van der Waals surface area (Å²) in [6.45, 7) is 1.47. The van der Waals surface area contributed by atoms with Crippen LogP contribution in [0.25, 0.3) is 27.7 Å². The number of pyridine rings is 1. The van der Waals surface area contributed by atoms with E-state index in [0.29, 0.717) is 24.6 Å². The number of carbonyl (C=O) groups is 1. The maximum atomic E-state index is 13.1. The van der Waals surface area contributed by atoms with E-state index in [1.165, 1.54) is 0 Å². The third-order valence-corrected chi connectivity index (χ3v) is 7.02. The highest BCUT2D eigenvalue weighted by molar-refractivity contribution is 5.89. The normalized spacial score (nSPS) is 20.4. The predicted octanol–water partition coefficient (Wildman–Crippen LogP) is 3.28. The highest BCUT2D eigenvalue weighted by Gasteiger charge is 2.48. The Kier molecular flexibility index (Phi) is 4.73.